The number of rotatable bonds is 2. The van der Waals surface area contributed by atoms with Crippen LogP contribution in [0, 0.1) is 0 Å². The molecule has 0 aromatic rings. The van der Waals surface area contributed by atoms with Crippen LogP contribution in [0.1, 0.15) is 19.3 Å². The van der Waals surface area contributed by atoms with Gasteiger partial charge in [-0.2, -0.15) is 0 Å². The lowest BCUT2D eigenvalue weighted by Gasteiger charge is -2.26. The molecule has 64 valence electrons. The fourth-order valence-corrected chi connectivity index (χ4v) is 1.61. The molecule has 1 aliphatic rings. The smallest absolute Gasteiger partial charge is 0.240 e. The molecule has 1 aliphatic carbocycles. The standard InChI is InChI=1S/C7H14N2O2/c1-11-5-3-2-4-7(5,9)6(8)10/h5H,2-4,9H2,1H3,(H2,8,10)/t5-,7+/m0/s1. The van der Waals surface area contributed by atoms with E-state index in [1.807, 2.05) is 0 Å². The van der Waals surface area contributed by atoms with Crippen LogP contribution >= 0.6 is 0 Å². The minimum absolute atomic E-state index is 0.194. The van der Waals surface area contributed by atoms with Crippen LogP contribution in [0.4, 0.5) is 0 Å². The Morgan fingerprint density at radius 3 is 2.73 bits per heavy atom. The maximum atomic E-state index is 10.9. The van der Waals surface area contributed by atoms with Crippen molar-refractivity contribution in [3.63, 3.8) is 0 Å². The highest BCUT2D eigenvalue weighted by atomic mass is 16.5. The lowest BCUT2D eigenvalue weighted by Crippen LogP contribution is -2.57. The molecule has 0 heterocycles. The number of ether oxygens (including phenoxy) is 1. The van der Waals surface area contributed by atoms with Gasteiger partial charge in [-0.25, -0.2) is 0 Å². The molecular formula is C7H14N2O2. The number of hydrogen-bond acceptors (Lipinski definition) is 3. The van der Waals surface area contributed by atoms with E-state index in [0.29, 0.717) is 6.42 Å². The second kappa shape index (κ2) is 2.79. The summed E-state index contributed by atoms with van der Waals surface area (Å²) >= 11 is 0. The molecule has 0 aromatic carbocycles. The number of nitrogens with two attached hydrogens (primary N) is 2. The minimum Gasteiger partial charge on any atom is -0.379 e. The third-order valence-electron chi connectivity index (χ3n) is 2.37. The van der Waals surface area contributed by atoms with Crippen molar-refractivity contribution in [3.8, 4) is 0 Å². The van der Waals surface area contributed by atoms with Crippen LogP contribution in [0.15, 0.2) is 0 Å². The van der Waals surface area contributed by atoms with Crippen molar-refractivity contribution >= 4 is 5.91 Å². The molecule has 0 saturated heterocycles. The number of carbonyl (C=O) groups excluding carboxylic acids is 1. The van der Waals surface area contributed by atoms with Gasteiger partial charge < -0.3 is 16.2 Å². The summed E-state index contributed by atoms with van der Waals surface area (Å²) in [4.78, 5) is 10.9. The zero-order chi connectivity index (χ0) is 8.48. The minimum atomic E-state index is -0.922. The van der Waals surface area contributed by atoms with Crippen LogP contribution in [-0.2, 0) is 9.53 Å². The Labute approximate surface area is 65.9 Å². The zero-order valence-electron chi connectivity index (χ0n) is 6.67. The summed E-state index contributed by atoms with van der Waals surface area (Å²) in [6, 6.07) is 0. The molecule has 0 bridgehead atoms. The molecule has 0 radical (unpaired) electrons. The third kappa shape index (κ3) is 1.23. The van der Waals surface area contributed by atoms with E-state index in [2.05, 4.69) is 0 Å². The number of hydrogen-bond donors (Lipinski definition) is 2. The molecule has 11 heavy (non-hydrogen) atoms. The Morgan fingerprint density at radius 1 is 1.73 bits per heavy atom. The molecule has 0 aliphatic heterocycles. The summed E-state index contributed by atoms with van der Waals surface area (Å²) in [5.74, 6) is -0.457. The molecule has 1 rings (SSSR count). The molecular weight excluding hydrogens is 144 g/mol. The summed E-state index contributed by atoms with van der Waals surface area (Å²) in [6.45, 7) is 0. The number of carbonyl (C=O) groups is 1. The lowest BCUT2D eigenvalue weighted by molar-refractivity contribution is -0.126. The number of primary amides is 1. The molecule has 1 amide bonds. The van der Waals surface area contributed by atoms with Gasteiger partial charge in [0.15, 0.2) is 0 Å². The van der Waals surface area contributed by atoms with Gasteiger partial charge in [0.1, 0.15) is 5.54 Å². The highest BCUT2D eigenvalue weighted by Gasteiger charge is 2.44. The van der Waals surface area contributed by atoms with Crippen molar-refractivity contribution in [2.24, 2.45) is 11.5 Å². The first-order valence-electron chi connectivity index (χ1n) is 3.73. The van der Waals surface area contributed by atoms with Crippen molar-refractivity contribution in [3.05, 3.63) is 0 Å². The molecule has 0 aromatic heterocycles. The van der Waals surface area contributed by atoms with Crippen LogP contribution in [0.5, 0.6) is 0 Å². The van der Waals surface area contributed by atoms with Gasteiger partial charge in [0.25, 0.3) is 0 Å². The highest BCUT2D eigenvalue weighted by molar-refractivity contribution is 5.85. The Hall–Kier alpha value is -0.610. The molecule has 1 saturated carbocycles. The van der Waals surface area contributed by atoms with E-state index in [-0.39, 0.29) is 6.10 Å². The zero-order valence-corrected chi connectivity index (χ0v) is 6.67. The summed E-state index contributed by atoms with van der Waals surface area (Å²) in [6.07, 6.45) is 2.19. The first kappa shape index (κ1) is 8.49. The van der Waals surface area contributed by atoms with Gasteiger partial charge in [0.05, 0.1) is 6.10 Å². The van der Waals surface area contributed by atoms with E-state index < -0.39 is 11.4 Å². The predicted molar refractivity (Wildman–Crippen MR) is 40.8 cm³/mol. The predicted octanol–water partition coefficient (Wildman–Crippen LogP) is -0.632. The monoisotopic (exact) mass is 158 g/mol. The van der Waals surface area contributed by atoms with Gasteiger partial charge in [-0.15, -0.1) is 0 Å². The maximum Gasteiger partial charge on any atom is 0.240 e. The number of amides is 1. The quantitative estimate of drug-likeness (QED) is 0.561. The van der Waals surface area contributed by atoms with Gasteiger partial charge in [-0.1, -0.05) is 0 Å². The number of methoxy groups -OCH3 is 1. The largest absolute Gasteiger partial charge is 0.379 e. The fraction of sp³-hybridized carbons (Fsp3) is 0.857. The first-order chi connectivity index (χ1) is 5.11. The Kier molecular flexibility index (Phi) is 2.15. The SMILES string of the molecule is CO[C@H]1CCC[C@]1(N)C(N)=O. The van der Waals surface area contributed by atoms with Gasteiger partial charge in [0, 0.05) is 7.11 Å². The summed E-state index contributed by atoms with van der Waals surface area (Å²) < 4.78 is 5.06. The summed E-state index contributed by atoms with van der Waals surface area (Å²) in [7, 11) is 1.56. The molecule has 0 unspecified atom stereocenters. The van der Waals surface area contributed by atoms with E-state index >= 15 is 0 Å². The van der Waals surface area contributed by atoms with E-state index in [0.717, 1.165) is 12.8 Å². The molecule has 4 heteroatoms. The van der Waals surface area contributed by atoms with Crippen molar-refractivity contribution in [1.29, 1.82) is 0 Å². The van der Waals surface area contributed by atoms with Gasteiger partial charge in [-0.3, -0.25) is 4.79 Å². The maximum absolute atomic E-state index is 10.9. The normalized spacial score (nSPS) is 37.5. The average Bonchev–Trinajstić information content (AvgIpc) is 2.32. The van der Waals surface area contributed by atoms with Crippen molar-refractivity contribution in [2.75, 3.05) is 7.11 Å². The van der Waals surface area contributed by atoms with E-state index in [4.69, 9.17) is 16.2 Å². The average molecular weight is 158 g/mol. The van der Waals surface area contributed by atoms with Gasteiger partial charge >= 0.3 is 0 Å². The topological polar surface area (TPSA) is 78.3 Å². The van der Waals surface area contributed by atoms with Crippen molar-refractivity contribution in [2.45, 2.75) is 30.9 Å². The lowest BCUT2D eigenvalue weighted by atomic mass is 9.96. The van der Waals surface area contributed by atoms with E-state index in [9.17, 15) is 4.79 Å². The van der Waals surface area contributed by atoms with Gasteiger partial charge in [-0.05, 0) is 19.3 Å². The highest BCUT2D eigenvalue weighted by Crippen LogP contribution is 2.29. The Bertz CT molecular complexity index is 172. The Morgan fingerprint density at radius 2 is 2.36 bits per heavy atom. The van der Waals surface area contributed by atoms with Crippen LogP contribution in [0.25, 0.3) is 0 Å². The fourth-order valence-electron chi connectivity index (χ4n) is 1.61. The first-order valence-corrected chi connectivity index (χ1v) is 3.73. The summed E-state index contributed by atoms with van der Waals surface area (Å²) in [5.41, 5.74) is 9.99. The summed E-state index contributed by atoms with van der Waals surface area (Å²) in [5, 5.41) is 0. The molecule has 0 spiro atoms. The van der Waals surface area contributed by atoms with E-state index in [1.165, 1.54) is 0 Å². The third-order valence-corrected chi connectivity index (χ3v) is 2.37. The molecule has 2 atom stereocenters. The second-order valence-corrected chi connectivity index (χ2v) is 3.02. The molecule has 1 fully saturated rings. The Balaban J connectivity index is 2.75. The molecule has 4 N–H and O–H groups in total. The van der Waals surface area contributed by atoms with Crippen LogP contribution in [0.2, 0.25) is 0 Å². The van der Waals surface area contributed by atoms with E-state index in [1.54, 1.807) is 7.11 Å². The van der Waals surface area contributed by atoms with Crippen LogP contribution in [-0.4, -0.2) is 24.7 Å². The van der Waals surface area contributed by atoms with Crippen LogP contribution < -0.4 is 11.5 Å². The van der Waals surface area contributed by atoms with Crippen LogP contribution in [0.3, 0.4) is 0 Å². The molecule has 4 nitrogen and oxygen atoms in total. The second-order valence-electron chi connectivity index (χ2n) is 3.02. The van der Waals surface area contributed by atoms with Crippen molar-refractivity contribution in [1.82, 2.24) is 0 Å². The van der Waals surface area contributed by atoms with Crippen molar-refractivity contribution < 1.29 is 9.53 Å². The van der Waals surface area contributed by atoms with Gasteiger partial charge in [0.2, 0.25) is 5.91 Å².